The Labute approximate surface area is 267 Å². The Hall–Kier alpha value is -4.16. The average molecular weight is 636 g/mol. The fourth-order valence-electron chi connectivity index (χ4n) is 3.10. The molecule has 42 heavy (non-hydrogen) atoms. The molecule has 0 N–H and O–H groups in total. The largest absolute Gasteiger partial charge is 2.00 e. The summed E-state index contributed by atoms with van der Waals surface area (Å²) >= 11 is 0. The van der Waals surface area contributed by atoms with Gasteiger partial charge in [0.2, 0.25) is 0 Å². The molecule has 0 aromatic heterocycles. The number of allylic oxidation sites excluding steroid dienone is 2. The molecule has 0 fully saturated rings. The van der Waals surface area contributed by atoms with Gasteiger partial charge in [0.25, 0.3) is 0 Å². The second kappa shape index (κ2) is 36.8. The van der Waals surface area contributed by atoms with E-state index in [-0.39, 0.29) is 34.1 Å². The molecule has 4 aromatic carbocycles. The van der Waals surface area contributed by atoms with Crippen LogP contribution in [0, 0.1) is 52.1 Å². The molecule has 0 bridgehead atoms. The molecular formula is C34H20Fe2O6. The first-order valence-corrected chi connectivity index (χ1v) is 10.6. The van der Waals surface area contributed by atoms with Crippen LogP contribution < -0.4 is 0 Å². The Morgan fingerprint density at radius 2 is 0.548 bits per heavy atom. The van der Waals surface area contributed by atoms with Crippen LogP contribution in [0.1, 0.15) is 22.3 Å². The summed E-state index contributed by atoms with van der Waals surface area (Å²) in [5, 5.41) is 0. The Bertz CT molecular complexity index is 1220. The Morgan fingerprint density at radius 3 is 0.762 bits per heavy atom. The van der Waals surface area contributed by atoms with E-state index in [1.165, 1.54) is 0 Å². The van der Waals surface area contributed by atoms with Crippen LogP contribution in [-0.4, -0.2) is 0 Å². The zero-order chi connectivity index (χ0) is 31.0. The van der Waals surface area contributed by atoms with Crippen molar-refractivity contribution in [1.29, 1.82) is 0 Å². The number of benzene rings is 4. The third-order valence-corrected chi connectivity index (χ3v) is 4.46. The topological polar surface area (TPSA) is 119 Å². The van der Waals surface area contributed by atoms with E-state index in [1.807, 2.05) is 48.5 Å². The van der Waals surface area contributed by atoms with Crippen LogP contribution in [0.15, 0.2) is 121 Å². The van der Waals surface area contributed by atoms with E-state index in [0.717, 1.165) is 33.4 Å². The Morgan fingerprint density at radius 1 is 0.357 bits per heavy atom. The maximum absolute atomic E-state index is 7.50. The summed E-state index contributed by atoms with van der Waals surface area (Å²) in [5.41, 5.74) is 6.39. The van der Waals surface area contributed by atoms with Crippen LogP contribution >= 0.6 is 0 Å². The summed E-state index contributed by atoms with van der Waals surface area (Å²) < 4.78 is 45.0. The Kier molecular flexibility index (Phi) is 41.8. The van der Waals surface area contributed by atoms with E-state index in [1.54, 1.807) is 0 Å². The normalized spacial score (nSPS) is 8.29. The van der Waals surface area contributed by atoms with Crippen molar-refractivity contribution in [2.75, 3.05) is 0 Å². The van der Waals surface area contributed by atoms with Gasteiger partial charge in [-0.05, 0) is 0 Å². The molecule has 0 aliphatic carbocycles. The van der Waals surface area contributed by atoms with Crippen molar-refractivity contribution in [3.63, 3.8) is 0 Å². The number of rotatable bonds is 5. The first-order chi connectivity index (χ1) is 19.9. The third kappa shape index (κ3) is 19.0. The minimum Gasteiger partial charge on any atom is -0.174 e. The quantitative estimate of drug-likeness (QED) is 0.0769. The third-order valence-electron chi connectivity index (χ3n) is 4.46. The fraction of sp³-hybridized carbons (Fsp3) is 0. The van der Waals surface area contributed by atoms with Crippen molar-refractivity contribution in [3.8, 4) is 0 Å². The summed E-state index contributed by atoms with van der Waals surface area (Å²) in [6.07, 6.45) is 7.26. The second-order valence-electron chi connectivity index (χ2n) is 6.46. The van der Waals surface area contributed by atoms with Crippen LogP contribution in [0.4, 0.5) is 0 Å². The van der Waals surface area contributed by atoms with Crippen molar-refractivity contribution in [2.45, 2.75) is 0 Å². The van der Waals surface area contributed by atoms with Crippen LogP contribution in [0.2, 0.25) is 0 Å². The summed E-state index contributed by atoms with van der Waals surface area (Å²) in [6.45, 7) is 27.0. The molecule has 0 heterocycles. The van der Waals surface area contributed by atoms with Gasteiger partial charge in [-0.1, -0.05) is 97.1 Å². The van der Waals surface area contributed by atoms with Gasteiger partial charge in [-0.15, -0.1) is 46.5 Å². The minimum absolute atomic E-state index is 0. The zero-order valence-corrected chi connectivity index (χ0v) is 23.9. The van der Waals surface area contributed by atoms with E-state index >= 15 is 0 Å². The van der Waals surface area contributed by atoms with E-state index in [2.05, 4.69) is 125 Å². The van der Waals surface area contributed by atoms with Crippen LogP contribution in [0.25, 0.3) is 11.1 Å². The van der Waals surface area contributed by atoms with Crippen LogP contribution in [0.5, 0.6) is 0 Å². The van der Waals surface area contributed by atoms with Crippen molar-refractivity contribution < 1.29 is 62.1 Å². The van der Waals surface area contributed by atoms with Gasteiger partial charge >= 0.3 is 84.9 Å². The Balaban J connectivity index is -0.000000292. The number of hydrogen-bond donors (Lipinski definition) is 0. The van der Waals surface area contributed by atoms with Gasteiger partial charge in [-0.3, -0.25) is 0 Å². The molecule has 6 nitrogen and oxygen atoms in total. The van der Waals surface area contributed by atoms with Crippen molar-refractivity contribution >= 4 is 11.1 Å². The van der Waals surface area contributed by atoms with Gasteiger partial charge in [-0.25, -0.2) is 0 Å². The first kappa shape index (κ1) is 47.6. The molecule has 0 atom stereocenters. The summed E-state index contributed by atoms with van der Waals surface area (Å²) in [5.74, 6) is 0. The molecule has 0 spiro atoms. The van der Waals surface area contributed by atoms with Gasteiger partial charge < -0.3 is 0 Å². The minimum atomic E-state index is 0. The van der Waals surface area contributed by atoms with Crippen LogP contribution in [0.3, 0.4) is 0 Å². The number of hydrogen-bond acceptors (Lipinski definition) is 0. The molecule has 0 amide bonds. The van der Waals surface area contributed by atoms with Crippen molar-refractivity contribution in [3.05, 3.63) is 196 Å². The molecule has 4 aromatic rings. The summed E-state index contributed by atoms with van der Waals surface area (Å²) in [6, 6.07) is 41.3. The van der Waals surface area contributed by atoms with Gasteiger partial charge in [0, 0.05) is 17.1 Å². The maximum Gasteiger partial charge on any atom is 2.00 e. The van der Waals surface area contributed by atoms with Gasteiger partial charge in [0.1, 0.15) is 0 Å². The van der Waals surface area contributed by atoms with Gasteiger partial charge in [0.05, 0.1) is 0 Å². The zero-order valence-electron chi connectivity index (χ0n) is 21.7. The molecule has 0 saturated heterocycles. The van der Waals surface area contributed by atoms with E-state index < -0.39 is 0 Å². The fourth-order valence-corrected chi connectivity index (χ4v) is 3.10. The van der Waals surface area contributed by atoms with E-state index in [9.17, 15) is 0 Å². The second-order valence-corrected chi connectivity index (χ2v) is 6.46. The summed E-state index contributed by atoms with van der Waals surface area (Å²) in [4.78, 5) is 0. The molecule has 0 unspecified atom stereocenters. The summed E-state index contributed by atoms with van der Waals surface area (Å²) in [7, 11) is 0. The molecular weight excluding hydrogens is 616 g/mol. The molecule has 8 heteroatoms. The van der Waals surface area contributed by atoms with Gasteiger partial charge in [0.15, 0.2) is 0 Å². The van der Waals surface area contributed by atoms with E-state index in [0.29, 0.717) is 0 Å². The van der Waals surface area contributed by atoms with Gasteiger partial charge in [-0.2, -0.15) is 23.3 Å². The maximum atomic E-state index is 7.50. The monoisotopic (exact) mass is 636 g/mol. The molecule has 0 saturated carbocycles. The molecule has 0 aliphatic heterocycles. The predicted molar refractivity (Wildman–Crippen MR) is 141 cm³/mol. The predicted octanol–water partition coefficient (Wildman–Crippen LogP) is 6.63. The molecule has 0 aliphatic rings. The van der Waals surface area contributed by atoms with Crippen molar-refractivity contribution in [2.24, 2.45) is 0 Å². The molecule has 4 rings (SSSR count). The van der Waals surface area contributed by atoms with Crippen LogP contribution in [-0.2, 0) is 62.1 Å². The van der Waals surface area contributed by atoms with E-state index in [4.69, 9.17) is 27.9 Å². The molecule has 208 valence electrons. The standard InChI is InChI=1S/C28H20.6CO.2Fe/c1-5-13-23(14-6-1)21-27(25-17-9-3-10-18-25)28(26-19-11-4-12-20-26)22-24-15-7-2-8-16-24;6*1-2;;/h1-20H;;;;;;;;/q-2;;;;;;;;+2. The SMILES string of the molecule is [C-]#[O+].[C-]#[O+].[C-]#[O+].[C-]#[O+].[C-]#[O+].[C-]#[O+].[C-](=C(C(=[C-]c1ccccc1)c1ccccc1)c1ccccc1)c1ccccc1.[Fe+2].[Fe]. The van der Waals surface area contributed by atoms with Crippen molar-refractivity contribution in [1.82, 2.24) is 0 Å². The first-order valence-electron chi connectivity index (χ1n) is 10.6. The average Bonchev–Trinajstić information content (AvgIpc) is 3.10. The molecule has 0 radical (unpaired) electrons. The smallest absolute Gasteiger partial charge is 0.174 e.